The topological polar surface area (TPSA) is 51.1 Å². The average Bonchev–Trinajstić information content (AvgIpc) is 2.91. The number of nitrogens with zero attached hydrogens (tertiary/aromatic N) is 2. The van der Waals surface area contributed by atoms with E-state index in [4.69, 9.17) is 0 Å². The van der Waals surface area contributed by atoms with Gasteiger partial charge in [0, 0.05) is 36.9 Å². The zero-order valence-corrected chi connectivity index (χ0v) is 14.4. The third-order valence-corrected chi connectivity index (χ3v) is 5.43. The second kappa shape index (κ2) is 6.05. The van der Waals surface area contributed by atoms with Gasteiger partial charge in [-0.2, -0.15) is 5.26 Å². The maximum atomic E-state index is 13.6. The zero-order chi connectivity index (χ0) is 17.6. The van der Waals surface area contributed by atoms with Crippen LogP contribution in [0.15, 0.2) is 30.3 Å². The molecule has 2 heterocycles. The van der Waals surface area contributed by atoms with E-state index in [1.807, 2.05) is 13.0 Å². The van der Waals surface area contributed by atoms with Crippen LogP contribution >= 0.6 is 0 Å². The normalized spacial score (nSPS) is 21.4. The predicted molar refractivity (Wildman–Crippen MR) is 98.0 cm³/mol. The van der Waals surface area contributed by atoms with Crippen molar-refractivity contribution < 1.29 is 4.39 Å². The third kappa shape index (κ3) is 2.63. The molecule has 0 aliphatic carbocycles. The Bertz CT molecular complexity index is 871. The first-order valence-corrected chi connectivity index (χ1v) is 8.63. The van der Waals surface area contributed by atoms with E-state index >= 15 is 0 Å². The molecule has 0 aromatic heterocycles. The SMILES string of the molecule is Cc1ccc(F)cc1Nc1cc(C#N)c2c(c1)C1CNCC[C@@H]1N2C. The van der Waals surface area contributed by atoms with Crippen LogP contribution in [-0.2, 0) is 0 Å². The van der Waals surface area contributed by atoms with Gasteiger partial charge in [0.15, 0.2) is 0 Å². The minimum absolute atomic E-state index is 0.272. The summed E-state index contributed by atoms with van der Waals surface area (Å²) in [6.45, 7) is 3.87. The molecular weight excluding hydrogens is 315 g/mol. The summed E-state index contributed by atoms with van der Waals surface area (Å²) in [6, 6.07) is 11.5. The highest BCUT2D eigenvalue weighted by molar-refractivity contribution is 5.77. The highest BCUT2D eigenvalue weighted by atomic mass is 19.1. The van der Waals surface area contributed by atoms with Gasteiger partial charge < -0.3 is 15.5 Å². The number of hydrogen-bond acceptors (Lipinski definition) is 4. The van der Waals surface area contributed by atoms with Gasteiger partial charge in [0.2, 0.25) is 0 Å². The van der Waals surface area contributed by atoms with Gasteiger partial charge in [0.1, 0.15) is 11.9 Å². The van der Waals surface area contributed by atoms with Crippen molar-refractivity contribution in [2.45, 2.75) is 25.3 Å². The van der Waals surface area contributed by atoms with E-state index in [-0.39, 0.29) is 5.82 Å². The van der Waals surface area contributed by atoms with Crippen LogP contribution in [-0.4, -0.2) is 26.2 Å². The van der Waals surface area contributed by atoms with Crippen LogP contribution in [0, 0.1) is 24.1 Å². The maximum absolute atomic E-state index is 13.6. The van der Waals surface area contributed by atoms with E-state index in [9.17, 15) is 9.65 Å². The quantitative estimate of drug-likeness (QED) is 0.879. The van der Waals surface area contributed by atoms with Crippen molar-refractivity contribution in [1.82, 2.24) is 5.32 Å². The Morgan fingerprint density at radius 3 is 2.96 bits per heavy atom. The van der Waals surface area contributed by atoms with Crippen LogP contribution in [0.2, 0.25) is 0 Å². The van der Waals surface area contributed by atoms with Gasteiger partial charge in [-0.25, -0.2) is 4.39 Å². The molecule has 128 valence electrons. The Morgan fingerprint density at radius 2 is 2.16 bits per heavy atom. The lowest BCUT2D eigenvalue weighted by atomic mass is 9.89. The smallest absolute Gasteiger partial charge is 0.125 e. The number of nitriles is 1. The number of hydrogen-bond donors (Lipinski definition) is 2. The number of fused-ring (bicyclic) bond motifs is 3. The molecule has 1 unspecified atom stereocenters. The molecular formula is C20H21FN4. The first kappa shape index (κ1) is 15.9. The molecule has 25 heavy (non-hydrogen) atoms. The van der Waals surface area contributed by atoms with E-state index in [0.29, 0.717) is 17.5 Å². The Hall–Kier alpha value is -2.58. The molecule has 2 aliphatic rings. The fourth-order valence-electron chi connectivity index (χ4n) is 4.17. The van der Waals surface area contributed by atoms with Crippen LogP contribution in [0.1, 0.15) is 29.0 Å². The summed E-state index contributed by atoms with van der Waals surface area (Å²) < 4.78 is 13.6. The monoisotopic (exact) mass is 336 g/mol. The van der Waals surface area contributed by atoms with Crippen LogP contribution < -0.4 is 15.5 Å². The first-order chi connectivity index (χ1) is 12.1. The van der Waals surface area contributed by atoms with Gasteiger partial charge in [0.25, 0.3) is 0 Å². The van der Waals surface area contributed by atoms with E-state index in [1.54, 1.807) is 6.07 Å². The van der Waals surface area contributed by atoms with Crippen molar-refractivity contribution in [1.29, 1.82) is 5.26 Å². The lowest BCUT2D eigenvalue weighted by Gasteiger charge is -2.31. The summed E-state index contributed by atoms with van der Waals surface area (Å²) in [5.74, 6) is 0.113. The number of nitrogens with one attached hydrogen (secondary N) is 2. The molecule has 2 N–H and O–H groups in total. The van der Waals surface area contributed by atoms with Gasteiger partial charge in [0.05, 0.1) is 11.3 Å². The molecule has 1 fully saturated rings. The molecule has 0 bridgehead atoms. The van der Waals surface area contributed by atoms with E-state index in [2.05, 4.69) is 34.7 Å². The van der Waals surface area contributed by atoms with Gasteiger partial charge in [-0.05, 0) is 55.3 Å². The van der Waals surface area contributed by atoms with Gasteiger partial charge in [-0.15, -0.1) is 0 Å². The summed E-state index contributed by atoms with van der Waals surface area (Å²) in [5, 5.41) is 16.4. The number of piperidine rings is 1. The van der Waals surface area contributed by atoms with Gasteiger partial charge in [-0.3, -0.25) is 0 Å². The predicted octanol–water partition coefficient (Wildman–Crippen LogP) is 3.64. The minimum atomic E-state index is -0.272. The molecule has 2 aliphatic heterocycles. The fraction of sp³-hybridized carbons (Fsp3) is 0.350. The van der Waals surface area contributed by atoms with Crippen LogP contribution in [0.25, 0.3) is 0 Å². The zero-order valence-electron chi connectivity index (χ0n) is 14.4. The molecule has 2 aromatic rings. The Kier molecular flexibility index (Phi) is 3.85. The number of benzene rings is 2. The second-order valence-electron chi connectivity index (χ2n) is 6.94. The van der Waals surface area contributed by atoms with Crippen LogP contribution in [0.3, 0.4) is 0 Å². The second-order valence-corrected chi connectivity index (χ2v) is 6.94. The molecule has 1 saturated heterocycles. The number of likely N-dealkylation sites (N-methyl/N-ethyl adjacent to an activating group) is 1. The van der Waals surface area contributed by atoms with Crippen molar-refractivity contribution in [2.24, 2.45) is 0 Å². The Balaban J connectivity index is 1.77. The molecule has 2 atom stereocenters. The Morgan fingerprint density at radius 1 is 1.32 bits per heavy atom. The maximum Gasteiger partial charge on any atom is 0.125 e. The van der Waals surface area contributed by atoms with Crippen LogP contribution in [0.5, 0.6) is 0 Å². The lowest BCUT2D eigenvalue weighted by molar-refractivity contribution is 0.413. The van der Waals surface area contributed by atoms with Crippen molar-refractivity contribution in [3.05, 3.63) is 52.8 Å². The highest BCUT2D eigenvalue weighted by Crippen LogP contribution is 2.45. The number of anilines is 3. The molecule has 0 radical (unpaired) electrons. The molecule has 0 spiro atoms. The molecule has 0 saturated carbocycles. The van der Waals surface area contributed by atoms with Crippen molar-refractivity contribution in [2.75, 3.05) is 30.4 Å². The molecule has 0 amide bonds. The van der Waals surface area contributed by atoms with Crippen molar-refractivity contribution in [3.63, 3.8) is 0 Å². The van der Waals surface area contributed by atoms with E-state index in [0.717, 1.165) is 42.1 Å². The summed E-state index contributed by atoms with van der Waals surface area (Å²) >= 11 is 0. The van der Waals surface area contributed by atoms with Crippen molar-refractivity contribution in [3.8, 4) is 6.07 Å². The van der Waals surface area contributed by atoms with Gasteiger partial charge in [-0.1, -0.05) is 6.07 Å². The Labute approximate surface area is 147 Å². The fourth-order valence-corrected chi connectivity index (χ4v) is 4.17. The lowest BCUT2D eigenvalue weighted by Crippen LogP contribution is -2.42. The largest absolute Gasteiger partial charge is 0.370 e. The standard InChI is InChI=1S/C20H21FN4/c1-12-3-4-14(21)8-18(12)24-15-7-13(10-22)20-16(9-15)17-11-23-6-5-19(17)25(20)2/h3-4,7-9,17,19,23-24H,5-6,11H2,1-2H3/t17?,19-/m0/s1. The number of halogens is 1. The minimum Gasteiger partial charge on any atom is -0.370 e. The highest BCUT2D eigenvalue weighted by Gasteiger charge is 2.39. The molecule has 5 heteroatoms. The van der Waals surface area contributed by atoms with E-state index in [1.165, 1.54) is 17.7 Å². The summed E-state index contributed by atoms with van der Waals surface area (Å²) in [7, 11) is 2.08. The molecule has 4 rings (SSSR count). The average molecular weight is 336 g/mol. The molecule has 4 nitrogen and oxygen atoms in total. The third-order valence-electron chi connectivity index (χ3n) is 5.43. The summed E-state index contributed by atoms with van der Waals surface area (Å²) in [5.41, 5.74) is 5.45. The van der Waals surface area contributed by atoms with E-state index < -0.39 is 0 Å². The van der Waals surface area contributed by atoms with Crippen LogP contribution in [0.4, 0.5) is 21.5 Å². The summed E-state index contributed by atoms with van der Waals surface area (Å²) in [4.78, 5) is 2.26. The van der Waals surface area contributed by atoms with Crippen molar-refractivity contribution >= 4 is 17.1 Å². The summed E-state index contributed by atoms with van der Waals surface area (Å²) in [6.07, 6.45) is 1.08. The number of aryl methyl sites for hydroxylation is 1. The number of rotatable bonds is 2. The van der Waals surface area contributed by atoms with Gasteiger partial charge >= 0.3 is 0 Å². The first-order valence-electron chi connectivity index (χ1n) is 8.63. The molecule has 2 aromatic carbocycles.